The highest BCUT2D eigenvalue weighted by Crippen LogP contribution is 2.42. The SMILES string of the molecule is COc1ccc(-c2c(C(=O)O)cnc3c4c(ccc23)OCCO4)cc1OC. The van der Waals surface area contributed by atoms with Gasteiger partial charge in [-0.25, -0.2) is 4.79 Å². The Bertz CT molecular complexity index is 1050. The van der Waals surface area contributed by atoms with Gasteiger partial charge in [0, 0.05) is 17.1 Å². The van der Waals surface area contributed by atoms with E-state index in [1.54, 1.807) is 37.4 Å². The van der Waals surface area contributed by atoms with E-state index in [0.717, 1.165) is 0 Å². The van der Waals surface area contributed by atoms with E-state index in [2.05, 4.69) is 4.98 Å². The van der Waals surface area contributed by atoms with Gasteiger partial charge in [0.1, 0.15) is 18.7 Å². The number of carboxylic acids is 1. The van der Waals surface area contributed by atoms with Crippen molar-refractivity contribution in [3.8, 4) is 34.1 Å². The van der Waals surface area contributed by atoms with Gasteiger partial charge in [0.05, 0.1) is 19.8 Å². The van der Waals surface area contributed by atoms with E-state index < -0.39 is 5.97 Å². The summed E-state index contributed by atoms with van der Waals surface area (Å²) in [6, 6.07) is 8.85. The maximum Gasteiger partial charge on any atom is 0.337 e. The van der Waals surface area contributed by atoms with E-state index >= 15 is 0 Å². The molecule has 1 N–H and O–H groups in total. The van der Waals surface area contributed by atoms with Crippen molar-refractivity contribution >= 4 is 16.9 Å². The van der Waals surface area contributed by atoms with Gasteiger partial charge in [0.25, 0.3) is 0 Å². The molecule has 1 aliphatic heterocycles. The molecule has 138 valence electrons. The van der Waals surface area contributed by atoms with Crippen molar-refractivity contribution in [2.75, 3.05) is 27.4 Å². The summed E-state index contributed by atoms with van der Waals surface area (Å²) in [5, 5.41) is 10.4. The number of fused-ring (bicyclic) bond motifs is 3. The molecule has 2 aromatic carbocycles. The smallest absolute Gasteiger partial charge is 0.337 e. The number of pyridine rings is 1. The van der Waals surface area contributed by atoms with Crippen molar-refractivity contribution in [2.45, 2.75) is 0 Å². The van der Waals surface area contributed by atoms with Crippen LogP contribution in [-0.4, -0.2) is 43.5 Å². The molecule has 0 amide bonds. The second kappa shape index (κ2) is 6.68. The number of ether oxygens (including phenoxy) is 4. The first kappa shape index (κ1) is 17.0. The molecule has 0 saturated carbocycles. The molecular weight excluding hydrogens is 350 g/mol. The zero-order valence-corrected chi connectivity index (χ0v) is 14.8. The van der Waals surface area contributed by atoms with Crippen molar-refractivity contribution in [1.29, 1.82) is 0 Å². The predicted octanol–water partition coefficient (Wildman–Crippen LogP) is 3.39. The van der Waals surface area contributed by atoms with Crippen LogP contribution in [0.4, 0.5) is 0 Å². The Morgan fingerprint density at radius 3 is 2.59 bits per heavy atom. The van der Waals surface area contributed by atoms with Crippen molar-refractivity contribution < 1.29 is 28.8 Å². The number of nitrogens with zero attached hydrogens (tertiary/aromatic N) is 1. The highest BCUT2D eigenvalue weighted by atomic mass is 16.6. The van der Waals surface area contributed by atoms with Crippen LogP contribution in [0.25, 0.3) is 22.0 Å². The van der Waals surface area contributed by atoms with Crippen molar-refractivity contribution in [2.24, 2.45) is 0 Å². The lowest BCUT2D eigenvalue weighted by Crippen LogP contribution is -2.16. The monoisotopic (exact) mass is 367 g/mol. The summed E-state index contributed by atoms with van der Waals surface area (Å²) in [7, 11) is 3.08. The van der Waals surface area contributed by atoms with E-state index in [9.17, 15) is 9.90 Å². The number of hydrogen-bond donors (Lipinski definition) is 1. The predicted molar refractivity (Wildman–Crippen MR) is 98.2 cm³/mol. The Kier molecular flexibility index (Phi) is 4.19. The van der Waals surface area contributed by atoms with E-state index in [1.807, 2.05) is 0 Å². The zero-order valence-electron chi connectivity index (χ0n) is 14.8. The van der Waals surface area contributed by atoms with Gasteiger partial charge in [-0.1, -0.05) is 6.07 Å². The molecule has 27 heavy (non-hydrogen) atoms. The van der Waals surface area contributed by atoms with Crippen molar-refractivity contribution in [3.63, 3.8) is 0 Å². The molecule has 3 aromatic rings. The molecule has 0 atom stereocenters. The van der Waals surface area contributed by atoms with E-state index in [1.165, 1.54) is 13.3 Å². The molecule has 0 spiro atoms. The van der Waals surface area contributed by atoms with Crippen LogP contribution in [-0.2, 0) is 0 Å². The first-order valence-corrected chi connectivity index (χ1v) is 8.31. The molecule has 0 radical (unpaired) electrons. The Morgan fingerprint density at radius 2 is 1.85 bits per heavy atom. The lowest BCUT2D eigenvalue weighted by atomic mass is 9.95. The maximum atomic E-state index is 11.9. The molecule has 2 heterocycles. The molecule has 7 heteroatoms. The first-order valence-electron chi connectivity index (χ1n) is 8.31. The van der Waals surface area contributed by atoms with Gasteiger partial charge in [-0.15, -0.1) is 0 Å². The van der Waals surface area contributed by atoms with Crippen LogP contribution in [0.3, 0.4) is 0 Å². The molecular formula is C20H17NO6. The largest absolute Gasteiger partial charge is 0.493 e. The maximum absolute atomic E-state index is 11.9. The summed E-state index contributed by atoms with van der Waals surface area (Å²) in [5.41, 5.74) is 1.85. The third-order valence-electron chi connectivity index (χ3n) is 4.45. The van der Waals surface area contributed by atoms with Crippen LogP contribution < -0.4 is 18.9 Å². The molecule has 0 bridgehead atoms. The number of methoxy groups -OCH3 is 2. The highest BCUT2D eigenvalue weighted by Gasteiger charge is 2.23. The van der Waals surface area contributed by atoms with Gasteiger partial charge in [-0.05, 0) is 29.8 Å². The van der Waals surface area contributed by atoms with Gasteiger partial charge < -0.3 is 24.1 Å². The number of hydrogen-bond acceptors (Lipinski definition) is 6. The Morgan fingerprint density at radius 1 is 1.07 bits per heavy atom. The molecule has 0 unspecified atom stereocenters. The summed E-state index contributed by atoms with van der Waals surface area (Å²) >= 11 is 0. The molecule has 4 rings (SSSR count). The average molecular weight is 367 g/mol. The lowest BCUT2D eigenvalue weighted by Gasteiger charge is -2.21. The number of carboxylic acid groups (broad SMARTS) is 1. The number of aromatic nitrogens is 1. The summed E-state index contributed by atoms with van der Waals surface area (Å²) in [6.45, 7) is 0.883. The standard InChI is InChI=1S/C20H17NO6/c1-24-14-5-3-11(9-16(14)25-2)17-12-4-6-15-19(27-8-7-26-15)18(12)21-10-13(17)20(22)23/h3-6,9-10H,7-8H2,1-2H3,(H,22,23). The number of carbonyl (C=O) groups is 1. The highest BCUT2D eigenvalue weighted by molar-refractivity contribution is 6.08. The van der Waals surface area contributed by atoms with Gasteiger partial charge in [0.15, 0.2) is 23.0 Å². The fraction of sp³-hybridized carbons (Fsp3) is 0.200. The fourth-order valence-electron chi connectivity index (χ4n) is 3.23. The zero-order chi connectivity index (χ0) is 19.0. The third kappa shape index (κ3) is 2.77. The van der Waals surface area contributed by atoms with Crippen LogP contribution in [0, 0.1) is 0 Å². The van der Waals surface area contributed by atoms with Gasteiger partial charge in [-0.3, -0.25) is 4.98 Å². The molecule has 1 aromatic heterocycles. The minimum atomic E-state index is -1.07. The topological polar surface area (TPSA) is 87.1 Å². The summed E-state index contributed by atoms with van der Waals surface area (Å²) < 4.78 is 22.0. The second-order valence-corrected chi connectivity index (χ2v) is 5.91. The minimum absolute atomic E-state index is 0.0893. The van der Waals surface area contributed by atoms with E-state index in [4.69, 9.17) is 18.9 Å². The molecule has 0 saturated heterocycles. The Balaban J connectivity index is 2.03. The quantitative estimate of drug-likeness (QED) is 0.756. The number of rotatable bonds is 4. The molecule has 1 aliphatic rings. The van der Waals surface area contributed by atoms with Crippen LogP contribution in [0.1, 0.15) is 10.4 Å². The molecule has 0 fully saturated rings. The molecule has 7 nitrogen and oxygen atoms in total. The number of benzene rings is 2. The Labute approximate surface area is 155 Å². The normalized spacial score (nSPS) is 12.7. The first-order chi connectivity index (χ1) is 13.1. The second-order valence-electron chi connectivity index (χ2n) is 5.91. The third-order valence-corrected chi connectivity index (χ3v) is 4.45. The van der Waals surface area contributed by atoms with Crippen molar-refractivity contribution in [3.05, 3.63) is 42.1 Å². The number of aromatic carboxylic acids is 1. The fourth-order valence-corrected chi connectivity index (χ4v) is 3.23. The summed E-state index contributed by atoms with van der Waals surface area (Å²) in [5.74, 6) is 1.13. The van der Waals surface area contributed by atoms with E-state index in [-0.39, 0.29) is 5.56 Å². The summed E-state index contributed by atoms with van der Waals surface area (Å²) in [4.78, 5) is 16.2. The van der Waals surface area contributed by atoms with E-state index in [0.29, 0.717) is 58.2 Å². The Hall–Kier alpha value is -3.48. The van der Waals surface area contributed by atoms with Crippen LogP contribution >= 0.6 is 0 Å². The van der Waals surface area contributed by atoms with Crippen molar-refractivity contribution in [1.82, 2.24) is 4.98 Å². The van der Waals surface area contributed by atoms with Crippen LogP contribution in [0.2, 0.25) is 0 Å². The minimum Gasteiger partial charge on any atom is -0.493 e. The van der Waals surface area contributed by atoms with Crippen LogP contribution in [0.5, 0.6) is 23.0 Å². The van der Waals surface area contributed by atoms with Gasteiger partial charge in [0.2, 0.25) is 0 Å². The molecule has 0 aliphatic carbocycles. The van der Waals surface area contributed by atoms with Gasteiger partial charge >= 0.3 is 5.97 Å². The van der Waals surface area contributed by atoms with Crippen LogP contribution in [0.15, 0.2) is 36.5 Å². The van der Waals surface area contributed by atoms with Gasteiger partial charge in [-0.2, -0.15) is 0 Å². The average Bonchev–Trinajstić information content (AvgIpc) is 2.72. The summed E-state index contributed by atoms with van der Waals surface area (Å²) in [6.07, 6.45) is 1.34. The lowest BCUT2D eigenvalue weighted by molar-refractivity contribution is 0.0697.